The summed E-state index contributed by atoms with van der Waals surface area (Å²) in [6.07, 6.45) is 5.41. The molecule has 0 saturated carbocycles. The van der Waals surface area contributed by atoms with Crippen LogP contribution in [0.15, 0.2) is 67.4 Å². The fraction of sp³-hybridized carbons (Fsp3) is 0.100. The van der Waals surface area contributed by atoms with E-state index in [9.17, 15) is 4.79 Å². The second kappa shape index (κ2) is 7.03. The molecule has 6 heteroatoms. The van der Waals surface area contributed by atoms with Gasteiger partial charge >= 0.3 is 6.09 Å². The summed E-state index contributed by atoms with van der Waals surface area (Å²) in [5.41, 5.74) is 3.12. The third-order valence-corrected chi connectivity index (χ3v) is 3.95. The van der Waals surface area contributed by atoms with Gasteiger partial charge in [0, 0.05) is 29.7 Å². The Bertz CT molecular complexity index is 981. The molecule has 1 aliphatic heterocycles. The van der Waals surface area contributed by atoms with Crippen LogP contribution in [-0.2, 0) is 4.74 Å². The zero-order valence-electron chi connectivity index (χ0n) is 13.7. The van der Waals surface area contributed by atoms with E-state index in [0.29, 0.717) is 5.69 Å². The van der Waals surface area contributed by atoms with Crippen LogP contribution in [0.5, 0.6) is 0 Å². The minimum Gasteiger partial charge on any atom is -0.437 e. The van der Waals surface area contributed by atoms with Gasteiger partial charge in [-0.3, -0.25) is 4.98 Å². The fourth-order valence-electron chi connectivity index (χ4n) is 2.74. The Morgan fingerprint density at radius 1 is 1.00 bits per heavy atom. The van der Waals surface area contributed by atoms with Gasteiger partial charge in [-0.1, -0.05) is 30.0 Å². The molecule has 0 aliphatic carbocycles. The van der Waals surface area contributed by atoms with Crippen molar-refractivity contribution in [3.8, 4) is 11.8 Å². The molecule has 0 unspecified atom stereocenters. The predicted molar refractivity (Wildman–Crippen MR) is 93.8 cm³/mol. The van der Waals surface area contributed by atoms with Gasteiger partial charge in [-0.25, -0.2) is 14.8 Å². The van der Waals surface area contributed by atoms with E-state index in [1.54, 1.807) is 24.7 Å². The van der Waals surface area contributed by atoms with Gasteiger partial charge < -0.3 is 10.1 Å². The molecule has 126 valence electrons. The topological polar surface area (TPSA) is 77.0 Å². The second-order valence-corrected chi connectivity index (χ2v) is 5.71. The van der Waals surface area contributed by atoms with Crippen LogP contribution in [0.1, 0.15) is 34.5 Å². The van der Waals surface area contributed by atoms with Crippen LogP contribution in [0.4, 0.5) is 4.79 Å². The average molecular weight is 342 g/mol. The first-order valence-corrected chi connectivity index (χ1v) is 8.05. The summed E-state index contributed by atoms with van der Waals surface area (Å²) in [6, 6.07) is 13.0. The van der Waals surface area contributed by atoms with Crippen molar-refractivity contribution in [2.75, 3.05) is 0 Å². The van der Waals surface area contributed by atoms with E-state index in [-0.39, 0.29) is 6.04 Å². The molecule has 4 rings (SSSR count). The van der Waals surface area contributed by atoms with E-state index in [4.69, 9.17) is 4.74 Å². The van der Waals surface area contributed by atoms with Crippen LogP contribution in [0, 0.1) is 11.8 Å². The number of benzene rings is 1. The van der Waals surface area contributed by atoms with Crippen molar-refractivity contribution in [3.63, 3.8) is 0 Å². The van der Waals surface area contributed by atoms with Crippen LogP contribution in [0.2, 0.25) is 0 Å². The molecule has 3 aromatic rings. The van der Waals surface area contributed by atoms with Crippen molar-refractivity contribution in [1.82, 2.24) is 20.3 Å². The van der Waals surface area contributed by atoms with E-state index in [1.807, 2.05) is 36.4 Å². The molecule has 2 atom stereocenters. The lowest BCUT2D eigenvalue weighted by Crippen LogP contribution is -2.20. The van der Waals surface area contributed by atoms with Crippen molar-refractivity contribution < 1.29 is 9.53 Å². The minimum absolute atomic E-state index is 0.386. The standard InChI is InChI=1S/C20H14N4O2/c25-20-24-18(19(26-20)17-8-9-21-13-23-17)16-10-15(11-22-12-16)7-6-14-4-2-1-3-5-14/h1-5,8-13,18-19H,(H,24,25)/t18-,19-/m0/s1. The highest BCUT2D eigenvalue weighted by Gasteiger charge is 2.37. The second-order valence-electron chi connectivity index (χ2n) is 5.71. The number of nitrogens with one attached hydrogen (secondary N) is 1. The number of aromatic nitrogens is 3. The zero-order chi connectivity index (χ0) is 17.8. The van der Waals surface area contributed by atoms with Gasteiger partial charge in [0.15, 0.2) is 6.10 Å². The number of nitrogens with zero attached hydrogens (tertiary/aromatic N) is 3. The highest BCUT2D eigenvalue weighted by Crippen LogP contribution is 2.35. The van der Waals surface area contributed by atoms with E-state index in [0.717, 1.165) is 16.7 Å². The lowest BCUT2D eigenvalue weighted by molar-refractivity contribution is 0.129. The summed E-state index contributed by atoms with van der Waals surface area (Å²) in [5.74, 6) is 6.20. The Labute approximate surface area is 150 Å². The maximum atomic E-state index is 11.8. The Kier molecular flexibility index (Phi) is 4.27. The number of alkyl carbamates (subject to hydrolysis) is 1. The Balaban J connectivity index is 1.63. The summed E-state index contributed by atoms with van der Waals surface area (Å²) < 4.78 is 5.38. The smallest absolute Gasteiger partial charge is 0.408 e. The third kappa shape index (κ3) is 3.37. The van der Waals surface area contributed by atoms with Crippen molar-refractivity contribution in [2.24, 2.45) is 0 Å². The molecule has 0 radical (unpaired) electrons. The molecule has 0 bridgehead atoms. The first-order valence-electron chi connectivity index (χ1n) is 8.05. The molecule has 1 N–H and O–H groups in total. The van der Waals surface area contributed by atoms with E-state index in [1.165, 1.54) is 6.33 Å². The van der Waals surface area contributed by atoms with Crippen molar-refractivity contribution in [1.29, 1.82) is 0 Å². The van der Waals surface area contributed by atoms with E-state index in [2.05, 4.69) is 32.1 Å². The van der Waals surface area contributed by atoms with Crippen LogP contribution in [0.3, 0.4) is 0 Å². The van der Waals surface area contributed by atoms with E-state index >= 15 is 0 Å². The van der Waals surface area contributed by atoms with Gasteiger partial charge in [0.1, 0.15) is 12.4 Å². The third-order valence-electron chi connectivity index (χ3n) is 3.95. The van der Waals surface area contributed by atoms with Crippen LogP contribution < -0.4 is 5.32 Å². The maximum absolute atomic E-state index is 11.8. The van der Waals surface area contributed by atoms with Gasteiger partial charge in [-0.15, -0.1) is 0 Å². The Hall–Kier alpha value is -3.72. The van der Waals surface area contributed by atoms with E-state index < -0.39 is 12.2 Å². The Morgan fingerprint density at radius 2 is 1.85 bits per heavy atom. The molecule has 6 nitrogen and oxygen atoms in total. The molecular formula is C20H14N4O2. The van der Waals surface area contributed by atoms with Crippen LogP contribution in [0.25, 0.3) is 0 Å². The summed E-state index contributed by atoms with van der Waals surface area (Å²) >= 11 is 0. The number of cyclic esters (lactones) is 1. The van der Waals surface area contributed by atoms with Gasteiger partial charge in [-0.2, -0.15) is 0 Å². The molecule has 2 aromatic heterocycles. The number of pyridine rings is 1. The molecular weight excluding hydrogens is 328 g/mol. The number of hydrogen-bond donors (Lipinski definition) is 1. The quantitative estimate of drug-likeness (QED) is 0.725. The number of rotatable bonds is 2. The summed E-state index contributed by atoms with van der Waals surface area (Å²) in [7, 11) is 0. The first kappa shape index (κ1) is 15.8. The number of ether oxygens (including phenoxy) is 1. The lowest BCUT2D eigenvalue weighted by Gasteiger charge is -2.16. The highest BCUT2D eigenvalue weighted by molar-refractivity contribution is 5.71. The average Bonchev–Trinajstić information content (AvgIpc) is 3.10. The van der Waals surface area contributed by atoms with Crippen molar-refractivity contribution in [2.45, 2.75) is 12.1 Å². The highest BCUT2D eigenvalue weighted by atomic mass is 16.6. The van der Waals surface area contributed by atoms with Crippen molar-refractivity contribution >= 4 is 6.09 Å². The largest absolute Gasteiger partial charge is 0.437 e. The summed E-state index contributed by atoms with van der Waals surface area (Å²) in [6.45, 7) is 0. The first-order chi connectivity index (χ1) is 12.8. The molecule has 1 saturated heterocycles. The predicted octanol–water partition coefficient (Wildman–Crippen LogP) is 2.79. The van der Waals surface area contributed by atoms with Crippen LogP contribution in [-0.4, -0.2) is 21.0 Å². The number of hydrogen-bond acceptors (Lipinski definition) is 5. The van der Waals surface area contributed by atoms with Crippen LogP contribution >= 0.6 is 0 Å². The molecule has 1 aliphatic rings. The normalized spacial score (nSPS) is 18.4. The number of amides is 1. The van der Waals surface area contributed by atoms with Gasteiger partial charge in [0.05, 0.1) is 5.69 Å². The van der Waals surface area contributed by atoms with Gasteiger partial charge in [0.25, 0.3) is 0 Å². The molecule has 1 aromatic carbocycles. The van der Waals surface area contributed by atoms with Gasteiger partial charge in [0.2, 0.25) is 0 Å². The number of carbonyl (C=O) groups is 1. The van der Waals surface area contributed by atoms with Gasteiger partial charge in [-0.05, 0) is 29.8 Å². The molecule has 3 heterocycles. The Morgan fingerprint density at radius 3 is 2.65 bits per heavy atom. The summed E-state index contributed by atoms with van der Waals surface area (Å²) in [5, 5.41) is 2.81. The number of carbonyl (C=O) groups excluding carboxylic acids is 1. The maximum Gasteiger partial charge on any atom is 0.408 e. The molecule has 1 amide bonds. The lowest BCUT2D eigenvalue weighted by atomic mass is 10.00. The SMILES string of the molecule is O=C1N[C@@H](c2cncc(C#Cc3ccccc3)c2)[C@H](c2ccncn2)O1. The molecule has 0 spiro atoms. The zero-order valence-corrected chi connectivity index (χ0v) is 13.7. The van der Waals surface area contributed by atoms with Crippen molar-refractivity contribution in [3.05, 3.63) is 89.8 Å². The monoisotopic (exact) mass is 342 g/mol. The fourth-order valence-corrected chi connectivity index (χ4v) is 2.74. The molecule has 26 heavy (non-hydrogen) atoms. The molecule has 1 fully saturated rings. The minimum atomic E-state index is -0.537. The summed E-state index contributed by atoms with van der Waals surface area (Å²) in [4.78, 5) is 24.1.